The molecule has 0 aliphatic heterocycles. The highest BCUT2D eigenvalue weighted by Crippen LogP contribution is 2.24. The number of aliphatic carboxylic acids is 1. The van der Waals surface area contributed by atoms with Gasteiger partial charge in [0.25, 0.3) is 0 Å². The summed E-state index contributed by atoms with van der Waals surface area (Å²) in [5, 5.41) is 8.18. The molecule has 0 aromatic heterocycles. The molecule has 0 unspecified atom stereocenters. The summed E-state index contributed by atoms with van der Waals surface area (Å²) in [5.41, 5.74) is 0. The highest BCUT2D eigenvalue weighted by Gasteiger charge is 2.28. The van der Waals surface area contributed by atoms with E-state index in [9.17, 15) is 8.68 Å². The maximum Gasteiger partial charge on any atom is 0.321 e. The van der Waals surface area contributed by atoms with E-state index in [0.29, 0.717) is 0 Å². The third kappa shape index (κ3) is 1.69. The molecule has 0 bridgehead atoms. The Bertz CT molecular complexity index is 102. The third-order valence-electron chi connectivity index (χ3n) is 0.708. The van der Waals surface area contributed by atoms with Gasteiger partial charge >= 0.3 is 5.97 Å². The maximum absolute atomic E-state index is 11.6. The molecule has 0 heterocycles. The van der Waals surface area contributed by atoms with Gasteiger partial charge in [-0.05, 0) is 13.8 Å². The van der Waals surface area contributed by atoms with Crippen LogP contribution in [0.2, 0.25) is 0 Å². The van der Waals surface area contributed by atoms with Crippen LogP contribution in [0.15, 0.2) is 0 Å². The number of rotatable bonds is 2. The van der Waals surface area contributed by atoms with Crippen LogP contribution in [0.4, 0.5) is 3.89 Å². The first-order valence-corrected chi connectivity index (χ1v) is 2.75. The second-order valence-electron chi connectivity index (χ2n) is 1.89. The minimum Gasteiger partial charge on any atom is -0.480 e. The highest BCUT2D eigenvalue weighted by atomic mass is 32.2. The molecule has 8 heavy (non-hydrogen) atoms. The molecule has 0 aliphatic rings. The van der Waals surface area contributed by atoms with E-state index < -0.39 is 10.7 Å². The van der Waals surface area contributed by atoms with Gasteiger partial charge in [0, 0.05) is 0 Å². The molecule has 0 fully saturated rings. The number of hydrogen-bond donors (Lipinski definition) is 1. The van der Waals surface area contributed by atoms with Gasteiger partial charge in [0.05, 0.1) is 12.1 Å². The SMILES string of the molecule is CC(C)(SF)C(=O)O. The molecule has 0 radical (unpaired) electrons. The normalized spacial score (nSPS) is 11.4. The Balaban J connectivity index is 3.91. The highest BCUT2D eigenvalue weighted by molar-refractivity contribution is 7.96. The predicted molar refractivity (Wildman–Crippen MR) is 30.4 cm³/mol. The molecule has 0 aromatic carbocycles. The smallest absolute Gasteiger partial charge is 0.321 e. The van der Waals surface area contributed by atoms with Crippen LogP contribution in [0.5, 0.6) is 0 Å². The first kappa shape index (κ1) is 7.75. The molecule has 0 aromatic rings. The minimum absolute atomic E-state index is 0.164. The quantitative estimate of drug-likeness (QED) is 0.627. The van der Waals surface area contributed by atoms with Gasteiger partial charge in [-0.3, -0.25) is 4.79 Å². The first-order chi connectivity index (χ1) is 3.50. The lowest BCUT2D eigenvalue weighted by atomic mass is 10.2. The standard InChI is InChI=1S/C4H7FO2S/c1-4(2,8-5)3(6)7/h1-2H3,(H,6,7). The summed E-state index contributed by atoms with van der Waals surface area (Å²) >= 11 is -0.164. The van der Waals surface area contributed by atoms with Crippen molar-refractivity contribution in [3.8, 4) is 0 Å². The molecule has 0 rings (SSSR count). The Morgan fingerprint density at radius 1 is 1.75 bits per heavy atom. The van der Waals surface area contributed by atoms with Crippen molar-refractivity contribution in [3.05, 3.63) is 0 Å². The van der Waals surface area contributed by atoms with Crippen molar-refractivity contribution in [1.29, 1.82) is 0 Å². The Morgan fingerprint density at radius 2 is 2.12 bits per heavy atom. The fraction of sp³-hybridized carbons (Fsp3) is 0.750. The Morgan fingerprint density at radius 3 is 2.12 bits per heavy atom. The van der Waals surface area contributed by atoms with Crippen LogP contribution < -0.4 is 0 Å². The molecule has 0 amide bonds. The number of carboxylic acid groups (broad SMARTS) is 1. The van der Waals surface area contributed by atoms with Gasteiger partial charge in [-0.2, -0.15) is 3.89 Å². The summed E-state index contributed by atoms with van der Waals surface area (Å²) < 4.78 is 10.3. The van der Waals surface area contributed by atoms with Crippen LogP contribution in [0.25, 0.3) is 0 Å². The van der Waals surface area contributed by atoms with Crippen molar-refractivity contribution >= 4 is 18.1 Å². The van der Waals surface area contributed by atoms with Crippen LogP contribution in [-0.4, -0.2) is 15.8 Å². The molecule has 0 spiro atoms. The lowest BCUT2D eigenvalue weighted by Gasteiger charge is -2.10. The molecule has 48 valence electrons. The molecular formula is C4H7FO2S. The van der Waals surface area contributed by atoms with E-state index in [1.54, 1.807) is 0 Å². The number of carboxylic acids is 1. The van der Waals surface area contributed by atoms with Crippen LogP contribution in [0, 0.1) is 0 Å². The minimum atomic E-state index is -1.29. The van der Waals surface area contributed by atoms with Gasteiger partial charge < -0.3 is 5.11 Å². The van der Waals surface area contributed by atoms with Crippen LogP contribution in [-0.2, 0) is 4.79 Å². The van der Waals surface area contributed by atoms with E-state index in [2.05, 4.69) is 0 Å². The molecule has 4 heteroatoms. The van der Waals surface area contributed by atoms with Crippen molar-refractivity contribution in [2.75, 3.05) is 0 Å². The van der Waals surface area contributed by atoms with Crippen molar-refractivity contribution in [1.82, 2.24) is 0 Å². The summed E-state index contributed by atoms with van der Waals surface area (Å²) in [6.07, 6.45) is 0. The van der Waals surface area contributed by atoms with Crippen molar-refractivity contribution in [2.45, 2.75) is 18.6 Å². The summed E-state index contributed by atoms with van der Waals surface area (Å²) in [6, 6.07) is 0. The van der Waals surface area contributed by atoms with E-state index in [1.807, 2.05) is 0 Å². The summed E-state index contributed by atoms with van der Waals surface area (Å²) in [6.45, 7) is 2.61. The molecule has 0 aliphatic carbocycles. The van der Waals surface area contributed by atoms with Crippen molar-refractivity contribution in [3.63, 3.8) is 0 Å². The van der Waals surface area contributed by atoms with E-state index in [4.69, 9.17) is 5.11 Å². The van der Waals surface area contributed by atoms with Gasteiger partial charge in [0.2, 0.25) is 0 Å². The monoisotopic (exact) mass is 138 g/mol. The van der Waals surface area contributed by atoms with E-state index in [-0.39, 0.29) is 12.1 Å². The molecule has 2 nitrogen and oxygen atoms in total. The Kier molecular flexibility index (Phi) is 2.27. The van der Waals surface area contributed by atoms with Gasteiger partial charge in [-0.15, -0.1) is 0 Å². The Labute approximate surface area is 51.4 Å². The predicted octanol–water partition coefficient (Wildman–Crippen LogP) is 1.47. The van der Waals surface area contributed by atoms with Crippen molar-refractivity contribution in [2.24, 2.45) is 0 Å². The molecule has 0 atom stereocenters. The summed E-state index contributed by atoms with van der Waals surface area (Å²) in [5.74, 6) is -1.13. The summed E-state index contributed by atoms with van der Waals surface area (Å²) in [4.78, 5) is 9.99. The van der Waals surface area contributed by atoms with Gasteiger partial charge in [0.15, 0.2) is 0 Å². The van der Waals surface area contributed by atoms with Gasteiger partial charge in [-0.1, -0.05) is 0 Å². The summed E-state index contributed by atoms with van der Waals surface area (Å²) in [7, 11) is 0. The maximum atomic E-state index is 11.6. The second kappa shape index (κ2) is 2.35. The zero-order chi connectivity index (χ0) is 6.78. The number of carbonyl (C=O) groups is 1. The zero-order valence-electron chi connectivity index (χ0n) is 4.64. The molecule has 1 N–H and O–H groups in total. The lowest BCUT2D eigenvalue weighted by molar-refractivity contribution is -0.138. The molecule has 0 saturated heterocycles. The van der Waals surface area contributed by atoms with Crippen LogP contribution >= 0.6 is 12.1 Å². The number of halogens is 1. The average molecular weight is 138 g/mol. The van der Waals surface area contributed by atoms with Gasteiger partial charge in [0.1, 0.15) is 4.75 Å². The van der Waals surface area contributed by atoms with E-state index in [0.717, 1.165) is 0 Å². The Hall–Kier alpha value is -0.250. The fourth-order valence-electron chi connectivity index (χ4n) is 0.0330. The van der Waals surface area contributed by atoms with Gasteiger partial charge in [-0.25, -0.2) is 0 Å². The van der Waals surface area contributed by atoms with Crippen LogP contribution in [0.1, 0.15) is 13.8 Å². The van der Waals surface area contributed by atoms with Crippen LogP contribution in [0.3, 0.4) is 0 Å². The average Bonchev–Trinajstić information content (AvgIpc) is 1.67. The van der Waals surface area contributed by atoms with E-state index >= 15 is 0 Å². The lowest BCUT2D eigenvalue weighted by Crippen LogP contribution is -2.25. The fourth-order valence-corrected chi connectivity index (χ4v) is 0.0990. The zero-order valence-corrected chi connectivity index (χ0v) is 5.46. The largest absolute Gasteiger partial charge is 0.480 e. The second-order valence-corrected chi connectivity index (χ2v) is 3.07. The molecule has 0 saturated carbocycles. The molecular weight excluding hydrogens is 131 g/mol. The van der Waals surface area contributed by atoms with E-state index in [1.165, 1.54) is 13.8 Å². The first-order valence-electron chi connectivity index (χ1n) is 2.04. The third-order valence-corrected chi connectivity index (χ3v) is 1.27. The topological polar surface area (TPSA) is 37.3 Å². The van der Waals surface area contributed by atoms with Crippen molar-refractivity contribution < 1.29 is 13.8 Å². The number of hydrogen-bond acceptors (Lipinski definition) is 2.